The molecular formula is C28H23FN6O2. The molecule has 0 bridgehead atoms. The maximum absolute atomic E-state index is 13.1. The van der Waals surface area contributed by atoms with Gasteiger partial charge in [-0.15, -0.1) is 0 Å². The molecule has 1 saturated heterocycles. The predicted octanol–water partition coefficient (Wildman–Crippen LogP) is 5.80. The number of carbonyl (C=O) groups is 1. The van der Waals surface area contributed by atoms with Gasteiger partial charge in [0, 0.05) is 36.3 Å². The van der Waals surface area contributed by atoms with Crippen molar-refractivity contribution >= 4 is 28.2 Å². The van der Waals surface area contributed by atoms with Crippen LogP contribution in [-0.2, 0) is 0 Å². The molecule has 6 rings (SSSR count). The average molecular weight is 495 g/mol. The molecule has 37 heavy (non-hydrogen) atoms. The normalized spacial score (nSPS) is 13.2. The van der Waals surface area contributed by atoms with Crippen molar-refractivity contribution in [2.24, 2.45) is 0 Å². The van der Waals surface area contributed by atoms with E-state index in [1.54, 1.807) is 12.1 Å². The van der Waals surface area contributed by atoms with Gasteiger partial charge in [-0.2, -0.15) is 5.10 Å². The minimum atomic E-state index is -0.360. The van der Waals surface area contributed by atoms with E-state index < -0.39 is 0 Å². The van der Waals surface area contributed by atoms with Crippen LogP contribution in [0.3, 0.4) is 0 Å². The summed E-state index contributed by atoms with van der Waals surface area (Å²) < 4.78 is 18.7. The summed E-state index contributed by atoms with van der Waals surface area (Å²) >= 11 is 0. The Bertz CT molecular complexity index is 1560. The molecule has 1 aliphatic rings. The number of ether oxygens (including phenoxy) is 1. The van der Waals surface area contributed by atoms with Crippen LogP contribution in [0.4, 0.5) is 15.8 Å². The lowest BCUT2D eigenvalue weighted by Gasteiger charge is -2.17. The number of hydrogen-bond acceptors (Lipinski definition) is 6. The number of aromatic nitrogens is 4. The summed E-state index contributed by atoms with van der Waals surface area (Å²) in [6, 6.07) is 17.0. The monoisotopic (exact) mass is 494 g/mol. The van der Waals surface area contributed by atoms with Crippen molar-refractivity contribution in [2.45, 2.75) is 12.8 Å². The second-order valence-corrected chi connectivity index (χ2v) is 8.85. The first-order valence-corrected chi connectivity index (χ1v) is 12.0. The van der Waals surface area contributed by atoms with Gasteiger partial charge >= 0.3 is 0 Å². The summed E-state index contributed by atoms with van der Waals surface area (Å²) in [5.74, 6) is 0.0832. The second-order valence-electron chi connectivity index (χ2n) is 8.85. The van der Waals surface area contributed by atoms with Gasteiger partial charge in [-0.25, -0.2) is 9.37 Å². The van der Waals surface area contributed by atoms with E-state index >= 15 is 0 Å². The van der Waals surface area contributed by atoms with Gasteiger partial charge in [-0.1, -0.05) is 6.07 Å². The number of nitrogens with one attached hydrogen (secondary N) is 2. The fourth-order valence-electron chi connectivity index (χ4n) is 4.43. The molecule has 0 unspecified atom stereocenters. The van der Waals surface area contributed by atoms with Gasteiger partial charge in [0.1, 0.15) is 11.6 Å². The molecule has 3 aromatic heterocycles. The Kier molecular flexibility index (Phi) is 5.94. The van der Waals surface area contributed by atoms with Crippen LogP contribution in [0.5, 0.6) is 11.6 Å². The Morgan fingerprint density at radius 2 is 1.78 bits per heavy atom. The quantitative estimate of drug-likeness (QED) is 0.310. The number of H-pyrrole nitrogens is 1. The van der Waals surface area contributed by atoms with Crippen LogP contribution in [0.2, 0.25) is 0 Å². The Labute approximate surface area is 212 Å². The number of benzene rings is 2. The van der Waals surface area contributed by atoms with Crippen molar-refractivity contribution in [1.29, 1.82) is 0 Å². The third-order valence-electron chi connectivity index (χ3n) is 6.34. The average Bonchev–Trinajstić information content (AvgIpc) is 3.61. The van der Waals surface area contributed by atoms with Gasteiger partial charge in [0.05, 0.1) is 29.3 Å². The SMILES string of the molecule is O=C(Nc1ccc(Oc2ccc(F)cc2)nc1)c1n[nH]c2ccc(-c3cncc(N4CCCC4)c3)cc12. The van der Waals surface area contributed by atoms with Crippen molar-refractivity contribution in [3.8, 4) is 22.8 Å². The number of rotatable bonds is 6. The van der Waals surface area contributed by atoms with Gasteiger partial charge in [-0.05, 0) is 66.9 Å². The summed E-state index contributed by atoms with van der Waals surface area (Å²) in [6.45, 7) is 2.09. The first kappa shape index (κ1) is 22.7. The first-order valence-electron chi connectivity index (χ1n) is 12.0. The van der Waals surface area contributed by atoms with E-state index in [0.717, 1.165) is 35.4 Å². The Morgan fingerprint density at radius 3 is 2.57 bits per heavy atom. The lowest BCUT2D eigenvalue weighted by molar-refractivity contribution is 0.102. The Morgan fingerprint density at radius 1 is 0.946 bits per heavy atom. The largest absolute Gasteiger partial charge is 0.439 e. The van der Waals surface area contributed by atoms with E-state index in [9.17, 15) is 9.18 Å². The highest BCUT2D eigenvalue weighted by molar-refractivity contribution is 6.11. The van der Waals surface area contributed by atoms with Crippen LogP contribution < -0.4 is 15.0 Å². The number of amides is 1. The van der Waals surface area contributed by atoms with E-state index in [0.29, 0.717) is 22.7 Å². The second kappa shape index (κ2) is 9.69. The van der Waals surface area contributed by atoms with E-state index in [-0.39, 0.29) is 17.4 Å². The van der Waals surface area contributed by atoms with E-state index in [2.05, 4.69) is 36.4 Å². The Hall–Kier alpha value is -4.79. The van der Waals surface area contributed by atoms with Gasteiger partial charge in [-0.3, -0.25) is 14.9 Å². The lowest BCUT2D eigenvalue weighted by Crippen LogP contribution is -2.17. The fourth-order valence-corrected chi connectivity index (χ4v) is 4.43. The van der Waals surface area contributed by atoms with E-state index in [1.165, 1.54) is 43.3 Å². The summed E-state index contributed by atoms with van der Waals surface area (Å²) in [5, 5.41) is 10.7. The van der Waals surface area contributed by atoms with Crippen LogP contribution in [0.1, 0.15) is 23.3 Å². The van der Waals surface area contributed by atoms with Crippen LogP contribution in [0, 0.1) is 5.82 Å². The third kappa shape index (κ3) is 4.84. The van der Waals surface area contributed by atoms with Gasteiger partial charge < -0.3 is 15.0 Å². The van der Waals surface area contributed by atoms with Gasteiger partial charge in [0.2, 0.25) is 5.88 Å². The maximum Gasteiger partial charge on any atom is 0.276 e. The summed E-state index contributed by atoms with van der Waals surface area (Å²) in [7, 11) is 0. The summed E-state index contributed by atoms with van der Waals surface area (Å²) in [4.78, 5) is 24.1. The molecule has 9 heteroatoms. The number of anilines is 2. The standard InChI is InChI=1S/C28H23FN6O2/c29-20-4-7-23(8-5-20)37-26-10-6-21(16-31-26)32-28(36)27-24-14-18(3-9-25(24)33-34-27)19-13-22(17-30-15-19)35-11-1-2-12-35/h3-10,13-17H,1-2,11-12H2,(H,32,36)(H,33,34). The molecule has 2 N–H and O–H groups in total. The molecule has 5 aromatic rings. The molecule has 4 heterocycles. The fraction of sp³-hybridized carbons (Fsp3) is 0.143. The molecule has 1 fully saturated rings. The van der Waals surface area contributed by atoms with Crippen molar-refractivity contribution in [1.82, 2.24) is 20.2 Å². The van der Waals surface area contributed by atoms with E-state index in [4.69, 9.17) is 4.74 Å². The number of halogens is 1. The highest BCUT2D eigenvalue weighted by Crippen LogP contribution is 2.29. The number of aromatic amines is 1. The van der Waals surface area contributed by atoms with Crippen LogP contribution >= 0.6 is 0 Å². The summed E-state index contributed by atoms with van der Waals surface area (Å²) in [6.07, 6.45) is 7.62. The molecule has 8 nitrogen and oxygen atoms in total. The topological polar surface area (TPSA) is 96.0 Å². The molecule has 0 saturated carbocycles. The van der Waals surface area contributed by atoms with Crippen molar-refractivity contribution in [2.75, 3.05) is 23.3 Å². The third-order valence-corrected chi connectivity index (χ3v) is 6.34. The smallest absolute Gasteiger partial charge is 0.276 e. The molecule has 1 amide bonds. The van der Waals surface area contributed by atoms with Gasteiger partial charge in [0.15, 0.2) is 5.69 Å². The molecule has 0 aliphatic carbocycles. The number of fused-ring (bicyclic) bond motifs is 1. The first-order chi connectivity index (χ1) is 18.1. The molecule has 1 aliphatic heterocycles. The number of hydrogen-bond donors (Lipinski definition) is 2. The number of carbonyl (C=O) groups excluding carboxylic acids is 1. The predicted molar refractivity (Wildman–Crippen MR) is 139 cm³/mol. The zero-order valence-electron chi connectivity index (χ0n) is 19.8. The Balaban J connectivity index is 1.20. The highest BCUT2D eigenvalue weighted by atomic mass is 19.1. The molecule has 0 spiro atoms. The molecule has 0 radical (unpaired) electrons. The van der Waals surface area contributed by atoms with Crippen molar-refractivity contribution in [3.63, 3.8) is 0 Å². The zero-order valence-corrected chi connectivity index (χ0v) is 19.8. The lowest BCUT2D eigenvalue weighted by atomic mass is 10.0. The molecule has 0 atom stereocenters. The van der Waals surface area contributed by atoms with Gasteiger partial charge in [0.25, 0.3) is 5.91 Å². The molecule has 184 valence electrons. The zero-order chi connectivity index (χ0) is 25.2. The van der Waals surface area contributed by atoms with Crippen molar-refractivity contribution in [3.05, 3.63) is 90.8 Å². The van der Waals surface area contributed by atoms with Crippen molar-refractivity contribution < 1.29 is 13.9 Å². The van der Waals surface area contributed by atoms with E-state index in [1.807, 2.05) is 30.6 Å². The highest BCUT2D eigenvalue weighted by Gasteiger charge is 2.17. The maximum atomic E-state index is 13.1. The minimum absolute atomic E-state index is 0.284. The minimum Gasteiger partial charge on any atom is -0.439 e. The van der Waals surface area contributed by atoms with Crippen LogP contribution in [0.15, 0.2) is 79.3 Å². The summed E-state index contributed by atoms with van der Waals surface area (Å²) in [5.41, 5.74) is 4.59. The molecule has 2 aromatic carbocycles. The number of nitrogens with zero attached hydrogens (tertiary/aromatic N) is 4. The van der Waals surface area contributed by atoms with Crippen LogP contribution in [0.25, 0.3) is 22.0 Å². The molecular weight excluding hydrogens is 471 g/mol. The van der Waals surface area contributed by atoms with Crippen LogP contribution in [-0.4, -0.2) is 39.2 Å². The number of pyridine rings is 2.